The predicted octanol–water partition coefficient (Wildman–Crippen LogP) is 8.15. The number of ketones is 1. The Morgan fingerprint density at radius 2 is 1.67 bits per heavy atom. The summed E-state index contributed by atoms with van der Waals surface area (Å²) in [7, 11) is 0. The number of hydrogen-bond acceptors (Lipinski definition) is 3. The average Bonchev–Trinajstić information content (AvgIpc) is 3.21. The largest absolute Gasteiger partial charge is 0.464 e. The molecular formula is C32H49BrO3. The zero-order chi connectivity index (χ0) is 26.3. The Kier molecular flexibility index (Phi) is 6.50. The molecule has 5 aliphatic carbocycles. The number of carbonyl (C=O) groups excluding carboxylic acids is 2. The summed E-state index contributed by atoms with van der Waals surface area (Å²) < 4.78 is 5.88. The second-order valence-electron chi connectivity index (χ2n) is 15.0. The topological polar surface area (TPSA) is 43.4 Å². The zero-order valence-electron chi connectivity index (χ0n) is 23.7. The van der Waals surface area contributed by atoms with Gasteiger partial charge < -0.3 is 4.74 Å². The number of ether oxygens (including phenoxy) is 1. The lowest BCUT2D eigenvalue weighted by Gasteiger charge is -2.72. The highest BCUT2D eigenvalue weighted by atomic mass is 79.9. The molecule has 36 heavy (non-hydrogen) atoms. The Bertz CT molecular complexity index is 955. The first-order chi connectivity index (χ1) is 16.8. The number of carbonyl (C=O) groups is 2. The van der Waals surface area contributed by atoms with E-state index in [0.29, 0.717) is 47.4 Å². The molecule has 5 saturated carbocycles. The van der Waals surface area contributed by atoms with Crippen LogP contribution in [0.4, 0.5) is 0 Å². The Morgan fingerprint density at radius 3 is 2.33 bits per heavy atom. The van der Waals surface area contributed by atoms with Gasteiger partial charge in [-0.25, -0.2) is 0 Å². The molecule has 5 fully saturated rings. The number of rotatable bonds is 4. The molecule has 0 amide bonds. The molecule has 0 N–H and O–H groups in total. The van der Waals surface area contributed by atoms with Gasteiger partial charge in [-0.1, -0.05) is 62.7 Å². The fourth-order valence-electron chi connectivity index (χ4n) is 11.6. The maximum atomic E-state index is 13.0. The number of Topliss-reactive ketones (excluding diaryl/α,β-unsaturated/α-hetero) is 1. The van der Waals surface area contributed by atoms with Crippen LogP contribution in [0.2, 0.25) is 0 Å². The minimum absolute atomic E-state index is 0.106. The number of alkyl halides is 1. The third-order valence-corrected chi connectivity index (χ3v) is 14.1. The summed E-state index contributed by atoms with van der Waals surface area (Å²) in [6.45, 7) is 19.6. The third-order valence-electron chi connectivity index (χ3n) is 13.6. The standard InChI is InChI=1S/C32H49BrO3/c1-20(2)21-10-15-32(19-36-26(35)18-33)17-16-30(6)22(27(21)32)8-9-24-29(5)13-12-25(34)28(3,4)23(29)11-14-31(24,30)7/h21-24,27H,1,8-19H2,2-7H3/t21-,22+,23?,24+,27+,29-,30+,31+,32+/m0/s1. The molecule has 0 spiro atoms. The van der Waals surface area contributed by atoms with E-state index in [9.17, 15) is 9.59 Å². The fraction of sp³-hybridized carbons (Fsp3) is 0.875. The van der Waals surface area contributed by atoms with Gasteiger partial charge in [-0.15, -0.1) is 0 Å². The van der Waals surface area contributed by atoms with Crippen molar-refractivity contribution in [3.8, 4) is 0 Å². The second kappa shape index (κ2) is 8.68. The molecule has 5 aliphatic rings. The Hall–Kier alpha value is -0.640. The molecule has 0 aromatic carbocycles. The maximum Gasteiger partial charge on any atom is 0.316 e. The first kappa shape index (κ1) is 26.9. The van der Waals surface area contributed by atoms with Gasteiger partial charge in [0, 0.05) is 17.3 Å². The summed E-state index contributed by atoms with van der Waals surface area (Å²) in [6.07, 6.45) is 11.6. The van der Waals surface area contributed by atoms with Gasteiger partial charge in [0.05, 0.1) is 6.61 Å². The first-order valence-corrected chi connectivity index (χ1v) is 15.8. The number of esters is 1. The summed E-state index contributed by atoms with van der Waals surface area (Å²) in [5.74, 6) is 3.29. The SMILES string of the molecule is C=C(C)[C@@H]1CC[C@]2(COC(=O)CBr)CC[C@]3(C)[C@H](CC[C@@H]4[C@@]5(C)CCC(=O)C(C)(C)C5CC[C@]43C)[C@@H]12. The maximum absolute atomic E-state index is 13.0. The molecular weight excluding hydrogens is 512 g/mol. The van der Waals surface area contributed by atoms with Crippen molar-refractivity contribution in [2.24, 2.45) is 56.7 Å². The molecule has 0 saturated heterocycles. The molecule has 3 nitrogen and oxygen atoms in total. The molecule has 4 heteroatoms. The predicted molar refractivity (Wildman–Crippen MR) is 149 cm³/mol. The summed E-state index contributed by atoms with van der Waals surface area (Å²) in [6, 6.07) is 0. The van der Waals surface area contributed by atoms with Gasteiger partial charge in [-0.2, -0.15) is 0 Å². The van der Waals surface area contributed by atoms with E-state index in [1.165, 1.54) is 44.1 Å². The molecule has 0 aromatic rings. The van der Waals surface area contributed by atoms with Crippen LogP contribution in [0.25, 0.3) is 0 Å². The highest BCUT2D eigenvalue weighted by Gasteiger charge is 2.71. The number of fused-ring (bicyclic) bond motifs is 7. The van der Waals surface area contributed by atoms with E-state index >= 15 is 0 Å². The summed E-state index contributed by atoms with van der Waals surface area (Å²) in [4.78, 5) is 25.2. The Balaban J connectivity index is 1.52. The summed E-state index contributed by atoms with van der Waals surface area (Å²) >= 11 is 3.29. The molecule has 0 radical (unpaired) electrons. The fourth-order valence-corrected chi connectivity index (χ4v) is 11.8. The van der Waals surface area contributed by atoms with Gasteiger partial charge in [0.1, 0.15) is 11.1 Å². The van der Waals surface area contributed by atoms with Crippen molar-refractivity contribution in [2.45, 2.75) is 106 Å². The lowest BCUT2D eigenvalue weighted by Crippen LogP contribution is -2.66. The van der Waals surface area contributed by atoms with Gasteiger partial charge in [0.25, 0.3) is 0 Å². The lowest BCUT2D eigenvalue weighted by atomic mass is 9.32. The Labute approximate surface area is 228 Å². The number of hydrogen-bond donors (Lipinski definition) is 0. The first-order valence-electron chi connectivity index (χ1n) is 14.7. The molecule has 9 atom stereocenters. The zero-order valence-corrected chi connectivity index (χ0v) is 25.3. The summed E-state index contributed by atoms with van der Waals surface area (Å²) in [5, 5.41) is 0.275. The highest BCUT2D eigenvalue weighted by molar-refractivity contribution is 9.09. The van der Waals surface area contributed by atoms with Crippen LogP contribution >= 0.6 is 15.9 Å². The number of halogens is 1. The van der Waals surface area contributed by atoms with Gasteiger partial charge in [0.15, 0.2) is 0 Å². The van der Waals surface area contributed by atoms with E-state index in [1.54, 1.807) is 0 Å². The van der Waals surface area contributed by atoms with Crippen LogP contribution < -0.4 is 0 Å². The van der Waals surface area contributed by atoms with E-state index in [2.05, 4.69) is 64.1 Å². The van der Waals surface area contributed by atoms with Crippen molar-refractivity contribution < 1.29 is 14.3 Å². The molecule has 0 aromatic heterocycles. The number of allylic oxidation sites excluding steroid dienone is 1. The van der Waals surface area contributed by atoms with Gasteiger partial charge in [0.2, 0.25) is 0 Å². The van der Waals surface area contributed by atoms with Crippen LogP contribution in [0.3, 0.4) is 0 Å². The molecule has 1 unspecified atom stereocenters. The highest BCUT2D eigenvalue weighted by Crippen LogP contribution is 2.77. The summed E-state index contributed by atoms with van der Waals surface area (Å²) in [5.41, 5.74) is 2.06. The van der Waals surface area contributed by atoms with Crippen LogP contribution in [0, 0.1) is 56.7 Å². The van der Waals surface area contributed by atoms with E-state index in [1.807, 2.05) is 0 Å². The van der Waals surface area contributed by atoms with E-state index in [4.69, 9.17) is 4.74 Å². The molecule has 5 rings (SSSR count). The molecule has 0 heterocycles. The van der Waals surface area contributed by atoms with Gasteiger partial charge in [-0.05, 0) is 111 Å². The quantitative estimate of drug-likeness (QED) is 0.198. The van der Waals surface area contributed by atoms with Crippen molar-refractivity contribution >= 4 is 27.7 Å². The van der Waals surface area contributed by atoms with Crippen molar-refractivity contribution in [1.82, 2.24) is 0 Å². The van der Waals surface area contributed by atoms with E-state index in [0.717, 1.165) is 25.7 Å². The lowest BCUT2D eigenvalue weighted by molar-refractivity contribution is -0.237. The normalized spacial score (nSPS) is 49.3. The smallest absolute Gasteiger partial charge is 0.316 e. The minimum atomic E-state index is -0.191. The van der Waals surface area contributed by atoms with Crippen molar-refractivity contribution in [2.75, 3.05) is 11.9 Å². The van der Waals surface area contributed by atoms with Gasteiger partial charge in [-0.3, -0.25) is 9.59 Å². The van der Waals surface area contributed by atoms with Crippen LogP contribution in [0.5, 0.6) is 0 Å². The van der Waals surface area contributed by atoms with Crippen molar-refractivity contribution in [1.29, 1.82) is 0 Å². The van der Waals surface area contributed by atoms with E-state index < -0.39 is 0 Å². The second-order valence-corrected chi connectivity index (χ2v) is 15.5. The van der Waals surface area contributed by atoms with Crippen molar-refractivity contribution in [3.63, 3.8) is 0 Å². The average molecular weight is 562 g/mol. The van der Waals surface area contributed by atoms with E-state index in [-0.39, 0.29) is 33.0 Å². The van der Waals surface area contributed by atoms with Crippen LogP contribution in [-0.4, -0.2) is 23.7 Å². The molecule has 0 aliphatic heterocycles. The van der Waals surface area contributed by atoms with Crippen LogP contribution in [0.1, 0.15) is 106 Å². The monoisotopic (exact) mass is 560 g/mol. The molecule has 0 bridgehead atoms. The van der Waals surface area contributed by atoms with Crippen LogP contribution in [0.15, 0.2) is 12.2 Å². The third kappa shape index (κ3) is 3.47. The minimum Gasteiger partial charge on any atom is -0.464 e. The van der Waals surface area contributed by atoms with Crippen molar-refractivity contribution in [3.05, 3.63) is 12.2 Å². The molecule has 202 valence electrons. The Morgan fingerprint density at radius 1 is 0.944 bits per heavy atom. The van der Waals surface area contributed by atoms with Crippen LogP contribution in [-0.2, 0) is 14.3 Å². The van der Waals surface area contributed by atoms with Gasteiger partial charge >= 0.3 is 5.97 Å².